The minimum absolute atomic E-state index is 0.768. The van der Waals surface area contributed by atoms with Gasteiger partial charge in [-0.3, -0.25) is 4.90 Å². The number of hydrogen-bond donors (Lipinski definition) is 1. The van der Waals surface area contributed by atoms with E-state index < -0.39 is 0 Å². The van der Waals surface area contributed by atoms with Crippen LogP contribution in [-0.4, -0.2) is 57.4 Å². The molecule has 0 saturated carbocycles. The largest absolute Gasteiger partial charge is 0.383 e. The first-order chi connectivity index (χ1) is 10.4. The Bertz CT molecular complexity index is 434. The zero-order valence-electron chi connectivity index (χ0n) is 13.1. The standard InChI is InChI=1S/C17H27N3O/c1-21-12-8-18-13-15-4-6-16(7-5-15)20-11-10-19-9-2-3-17(19)14-20/h4-7,17-18H,2-3,8-14H2,1H3. The molecule has 0 radical (unpaired) electrons. The van der Waals surface area contributed by atoms with Gasteiger partial charge in [0.25, 0.3) is 0 Å². The Balaban J connectivity index is 1.52. The van der Waals surface area contributed by atoms with Crippen molar-refractivity contribution in [2.24, 2.45) is 0 Å². The molecule has 116 valence electrons. The number of fused-ring (bicyclic) bond motifs is 1. The highest BCUT2D eigenvalue weighted by Crippen LogP contribution is 2.25. The van der Waals surface area contributed by atoms with Gasteiger partial charge in [-0.1, -0.05) is 12.1 Å². The summed E-state index contributed by atoms with van der Waals surface area (Å²) in [5, 5.41) is 3.39. The average Bonchev–Trinajstić information content (AvgIpc) is 3.00. The molecule has 1 aromatic rings. The fourth-order valence-electron chi connectivity index (χ4n) is 3.46. The molecule has 1 unspecified atom stereocenters. The number of nitrogens with zero attached hydrogens (tertiary/aromatic N) is 2. The monoisotopic (exact) mass is 289 g/mol. The molecule has 0 spiro atoms. The van der Waals surface area contributed by atoms with Gasteiger partial charge in [0.2, 0.25) is 0 Å². The van der Waals surface area contributed by atoms with Gasteiger partial charge in [-0.15, -0.1) is 0 Å². The highest BCUT2D eigenvalue weighted by Gasteiger charge is 2.30. The smallest absolute Gasteiger partial charge is 0.0587 e. The second-order valence-corrected chi connectivity index (χ2v) is 6.11. The zero-order chi connectivity index (χ0) is 14.5. The number of piperazine rings is 1. The van der Waals surface area contributed by atoms with Crippen LogP contribution in [0, 0.1) is 0 Å². The first kappa shape index (κ1) is 14.8. The van der Waals surface area contributed by atoms with E-state index in [9.17, 15) is 0 Å². The molecule has 2 aliphatic rings. The highest BCUT2D eigenvalue weighted by atomic mass is 16.5. The minimum atomic E-state index is 0.768. The number of ether oxygens (including phenoxy) is 1. The van der Waals surface area contributed by atoms with E-state index in [1.807, 2.05) is 0 Å². The molecule has 0 aromatic heterocycles. The third-order valence-corrected chi connectivity index (χ3v) is 4.70. The van der Waals surface area contributed by atoms with E-state index in [0.29, 0.717) is 0 Å². The van der Waals surface area contributed by atoms with Gasteiger partial charge in [0, 0.05) is 51.6 Å². The molecular weight excluding hydrogens is 262 g/mol. The molecule has 2 saturated heterocycles. The summed E-state index contributed by atoms with van der Waals surface area (Å²) in [6.07, 6.45) is 2.75. The van der Waals surface area contributed by atoms with Crippen molar-refractivity contribution in [2.45, 2.75) is 25.4 Å². The molecule has 4 nitrogen and oxygen atoms in total. The maximum atomic E-state index is 5.04. The summed E-state index contributed by atoms with van der Waals surface area (Å²) in [5.41, 5.74) is 2.72. The van der Waals surface area contributed by atoms with E-state index in [-0.39, 0.29) is 0 Å². The molecule has 2 aliphatic heterocycles. The lowest BCUT2D eigenvalue weighted by atomic mass is 10.1. The lowest BCUT2D eigenvalue weighted by molar-refractivity contribution is 0.199. The van der Waals surface area contributed by atoms with Crippen molar-refractivity contribution in [3.63, 3.8) is 0 Å². The Morgan fingerprint density at radius 3 is 2.86 bits per heavy atom. The summed E-state index contributed by atoms with van der Waals surface area (Å²) in [6.45, 7) is 7.49. The number of anilines is 1. The molecule has 21 heavy (non-hydrogen) atoms. The van der Waals surface area contributed by atoms with Gasteiger partial charge >= 0.3 is 0 Å². The molecule has 0 aliphatic carbocycles. The molecule has 1 aromatic carbocycles. The van der Waals surface area contributed by atoms with Gasteiger partial charge in [0.1, 0.15) is 0 Å². The van der Waals surface area contributed by atoms with Crippen molar-refractivity contribution in [3.8, 4) is 0 Å². The second kappa shape index (κ2) is 7.25. The topological polar surface area (TPSA) is 27.7 Å². The fraction of sp³-hybridized carbons (Fsp3) is 0.647. The SMILES string of the molecule is COCCNCc1ccc(N2CCN3CCCC3C2)cc1. The van der Waals surface area contributed by atoms with Crippen LogP contribution >= 0.6 is 0 Å². The van der Waals surface area contributed by atoms with Gasteiger partial charge in [0.15, 0.2) is 0 Å². The average molecular weight is 289 g/mol. The molecule has 1 N–H and O–H groups in total. The predicted octanol–water partition coefficient (Wildman–Crippen LogP) is 1.71. The molecule has 0 amide bonds. The van der Waals surface area contributed by atoms with Gasteiger partial charge in [0.05, 0.1) is 6.61 Å². The second-order valence-electron chi connectivity index (χ2n) is 6.11. The number of benzene rings is 1. The minimum Gasteiger partial charge on any atom is -0.383 e. The maximum Gasteiger partial charge on any atom is 0.0587 e. The maximum absolute atomic E-state index is 5.04. The van der Waals surface area contributed by atoms with Crippen molar-refractivity contribution < 1.29 is 4.74 Å². The van der Waals surface area contributed by atoms with Gasteiger partial charge in [-0.05, 0) is 37.1 Å². The first-order valence-electron chi connectivity index (χ1n) is 8.14. The van der Waals surface area contributed by atoms with Crippen LogP contribution in [0.15, 0.2) is 24.3 Å². The summed E-state index contributed by atoms with van der Waals surface area (Å²) >= 11 is 0. The van der Waals surface area contributed by atoms with Crippen molar-refractivity contribution in [3.05, 3.63) is 29.8 Å². The Kier molecular flexibility index (Phi) is 5.12. The normalized spacial score (nSPS) is 22.5. The van der Waals surface area contributed by atoms with E-state index >= 15 is 0 Å². The molecular formula is C17H27N3O. The lowest BCUT2D eigenvalue weighted by Crippen LogP contribution is -2.50. The van der Waals surface area contributed by atoms with E-state index in [1.165, 1.54) is 50.3 Å². The van der Waals surface area contributed by atoms with Crippen molar-refractivity contribution in [2.75, 3.05) is 51.3 Å². The molecule has 2 heterocycles. The summed E-state index contributed by atoms with van der Waals surface area (Å²) in [6, 6.07) is 9.83. The summed E-state index contributed by atoms with van der Waals surface area (Å²) in [5.74, 6) is 0. The van der Waals surface area contributed by atoms with Crippen LogP contribution in [0.3, 0.4) is 0 Å². The van der Waals surface area contributed by atoms with Gasteiger partial charge < -0.3 is 15.0 Å². The highest BCUT2D eigenvalue weighted by molar-refractivity contribution is 5.48. The molecule has 1 atom stereocenters. The Hall–Kier alpha value is -1.10. The molecule has 0 bridgehead atoms. The predicted molar refractivity (Wildman–Crippen MR) is 86.8 cm³/mol. The Morgan fingerprint density at radius 2 is 2.05 bits per heavy atom. The van der Waals surface area contributed by atoms with Crippen molar-refractivity contribution in [1.82, 2.24) is 10.2 Å². The number of nitrogens with one attached hydrogen (secondary N) is 1. The van der Waals surface area contributed by atoms with Crippen LogP contribution in [0.1, 0.15) is 18.4 Å². The summed E-state index contributed by atoms with van der Waals surface area (Å²) < 4.78 is 5.04. The first-order valence-corrected chi connectivity index (χ1v) is 8.14. The third-order valence-electron chi connectivity index (χ3n) is 4.70. The number of rotatable bonds is 6. The van der Waals surface area contributed by atoms with Crippen LogP contribution in [0.5, 0.6) is 0 Å². The molecule has 4 heteroatoms. The van der Waals surface area contributed by atoms with Gasteiger partial charge in [-0.2, -0.15) is 0 Å². The van der Waals surface area contributed by atoms with Gasteiger partial charge in [-0.25, -0.2) is 0 Å². The van der Waals surface area contributed by atoms with E-state index in [2.05, 4.69) is 39.4 Å². The van der Waals surface area contributed by atoms with Crippen LogP contribution in [0.2, 0.25) is 0 Å². The quantitative estimate of drug-likeness (QED) is 0.807. The molecule has 3 rings (SSSR count). The fourth-order valence-corrected chi connectivity index (χ4v) is 3.46. The lowest BCUT2D eigenvalue weighted by Gasteiger charge is -2.38. The van der Waals surface area contributed by atoms with Crippen molar-refractivity contribution in [1.29, 1.82) is 0 Å². The van der Waals surface area contributed by atoms with Crippen LogP contribution in [-0.2, 0) is 11.3 Å². The Labute approximate surface area is 128 Å². The Morgan fingerprint density at radius 1 is 1.19 bits per heavy atom. The number of methoxy groups -OCH3 is 1. The van der Waals surface area contributed by atoms with Crippen LogP contribution in [0.25, 0.3) is 0 Å². The van der Waals surface area contributed by atoms with Crippen molar-refractivity contribution >= 4 is 5.69 Å². The third kappa shape index (κ3) is 3.76. The number of hydrogen-bond acceptors (Lipinski definition) is 4. The molecule has 2 fully saturated rings. The van der Waals surface area contributed by atoms with E-state index in [0.717, 1.165) is 25.7 Å². The van der Waals surface area contributed by atoms with Crippen LogP contribution in [0.4, 0.5) is 5.69 Å². The zero-order valence-corrected chi connectivity index (χ0v) is 13.1. The summed E-state index contributed by atoms with van der Waals surface area (Å²) in [4.78, 5) is 5.21. The van der Waals surface area contributed by atoms with E-state index in [1.54, 1.807) is 7.11 Å². The van der Waals surface area contributed by atoms with Crippen LogP contribution < -0.4 is 10.2 Å². The van der Waals surface area contributed by atoms with E-state index in [4.69, 9.17) is 4.74 Å². The summed E-state index contributed by atoms with van der Waals surface area (Å²) in [7, 11) is 1.74.